The molecule has 1 aromatic rings. The molecule has 3 N–H and O–H groups in total. The van der Waals surface area contributed by atoms with Gasteiger partial charge < -0.3 is 15.8 Å². The van der Waals surface area contributed by atoms with Crippen LogP contribution in [-0.4, -0.2) is 29.2 Å². The van der Waals surface area contributed by atoms with E-state index in [-0.39, 0.29) is 0 Å². The highest BCUT2D eigenvalue weighted by Crippen LogP contribution is 2.27. The van der Waals surface area contributed by atoms with Crippen LogP contribution in [0.4, 0.5) is 5.82 Å². The first kappa shape index (κ1) is 14.1. The highest BCUT2D eigenvalue weighted by atomic mass is 16.5. The standard InChI is InChI=1S/C14H24N4O/c1-2-19-14-8-13(16-10-17-14)18-12(9-15)11-6-4-3-5-7-11/h8,10-12H,2-7,9,15H2,1H3,(H,16,17,18). The fourth-order valence-electron chi connectivity index (χ4n) is 2.74. The average molecular weight is 264 g/mol. The minimum Gasteiger partial charge on any atom is -0.478 e. The van der Waals surface area contributed by atoms with Crippen LogP contribution in [0.2, 0.25) is 0 Å². The average Bonchev–Trinajstić information content (AvgIpc) is 2.46. The van der Waals surface area contributed by atoms with E-state index in [1.54, 1.807) is 0 Å². The Labute approximate surface area is 115 Å². The zero-order chi connectivity index (χ0) is 13.5. The first-order chi connectivity index (χ1) is 9.33. The van der Waals surface area contributed by atoms with Crippen molar-refractivity contribution in [2.24, 2.45) is 11.7 Å². The van der Waals surface area contributed by atoms with E-state index in [0.29, 0.717) is 31.0 Å². The summed E-state index contributed by atoms with van der Waals surface area (Å²) in [6.07, 6.45) is 8.04. The first-order valence-corrected chi connectivity index (χ1v) is 7.25. The highest BCUT2D eigenvalue weighted by Gasteiger charge is 2.22. The molecule has 19 heavy (non-hydrogen) atoms. The third-order valence-electron chi connectivity index (χ3n) is 3.74. The number of anilines is 1. The van der Waals surface area contributed by atoms with Crippen LogP contribution in [0.3, 0.4) is 0 Å². The number of hydrogen-bond donors (Lipinski definition) is 2. The van der Waals surface area contributed by atoms with Crippen LogP contribution in [0.15, 0.2) is 12.4 Å². The van der Waals surface area contributed by atoms with Gasteiger partial charge in [-0.1, -0.05) is 19.3 Å². The van der Waals surface area contributed by atoms with E-state index in [1.165, 1.54) is 38.4 Å². The fourth-order valence-corrected chi connectivity index (χ4v) is 2.74. The molecule has 1 heterocycles. The van der Waals surface area contributed by atoms with E-state index < -0.39 is 0 Å². The van der Waals surface area contributed by atoms with Crippen molar-refractivity contribution in [1.82, 2.24) is 9.97 Å². The summed E-state index contributed by atoms with van der Waals surface area (Å²) >= 11 is 0. The Kier molecular flexibility index (Phi) is 5.39. The van der Waals surface area contributed by atoms with Crippen LogP contribution in [0.1, 0.15) is 39.0 Å². The number of ether oxygens (including phenoxy) is 1. The maximum absolute atomic E-state index is 5.91. The maximum atomic E-state index is 5.91. The SMILES string of the molecule is CCOc1cc(NC(CN)C2CCCCC2)ncn1. The lowest BCUT2D eigenvalue weighted by molar-refractivity contribution is 0.318. The molecule has 1 aliphatic rings. The number of nitrogens with one attached hydrogen (secondary N) is 1. The van der Waals surface area contributed by atoms with Gasteiger partial charge in [0.05, 0.1) is 6.61 Å². The van der Waals surface area contributed by atoms with E-state index in [2.05, 4.69) is 15.3 Å². The van der Waals surface area contributed by atoms with Crippen LogP contribution >= 0.6 is 0 Å². The van der Waals surface area contributed by atoms with Crippen LogP contribution < -0.4 is 15.8 Å². The van der Waals surface area contributed by atoms with E-state index in [9.17, 15) is 0 Å². The van der Waals surface area contributed by atoms with E-state index >= 15 is 0 Å². The topological polar surface area (TPSA) is 73.1 Å². The maximum Gasteiger partial charge on any atom is 0.218 e. The van der Waals surface area contributed by atoms with Gasteiger partial charge in [0.1, 0.15) is 12.1 Å². The summed E-state index contributed by atoms with van der Waals surface area (Å²) in [5, 5.41) is 3.44. The first-order valence-electron chi connectivity index (χ1n) is 7.25. The molecule has 1 atom stereocenters. The molecule has 1 aromatic heterocycles. The molecule has 0 amide bonds. The summed E-state index contributed by atoms with van der Waals surface area (Å²) in [6.45, 7) is 3.19. The number of nitrogens with zero attached hydrogens (tertiary/aromatic N) is 2. The molecule has 1 unspecified atom stereocenters. The summed E-state index contributed by atoms with van der Waals surface area (Å²) < 4.78 is 5.38. The second-order valence-corrected chi connectivity index (χ2v) is 5.06. The van der Waals surface area contributed by atoms with Gasteiger partial charge >= 0.3 is 0 Å². The normalized spacial score (nSPS) is 18.0. The second-order valence-electron chi connectivity index (χ2n) is 5.06. The zero-order valence-electron chi connectivity index (χ0n) is 11.6. The molecular formula is C14H24N4O. The van der Waals surface area contributed by atoms with E-state index in [1.807, 2.05) is 13.0 Å². The number of rotatable bonds is 6. The number of hydrogen-bond acceptors (Lipinski definition) is 5. The largest absolute Gasteiger partial charge is 0.478 e. The monoisotopic (exact) mass is 264 g/mol. The highest BCUT2D eigenvalue weighted by molar-refractivity contribution is 5.38. The van der Waals surface area contributed by atoms with Gasteiger partial charge in [-0.05, 0) is 25.7 Å². The van der Waals surface area contributed by atoms with Gasteiger partial charge in [-0.3, -0.25) is 0 Å². The van der Waals surface area contributed by atoms with Gasteiger partial charge in [0, 0.05) is 18.7 Å². The molecule has 1 fully saturated rings. The Balaban J connectivity index is 1.98. The quantitative estimate of drug-likeness (QED) is 0.824. The zero-order valence-corrected chi connectivity index (χ0v) is 11.6. The van der Waals surface area contributed by atoms with Crippen LogP contribution in [0, 0.1) is 5.92 Å². The van der Waals surface area contributed by atoms with E-state index in [0.717, 1.165) is 5.82 Å². The smallest absolute Gasteiger partial charge is 0.218 e. The Morgan fingerprint density at radius 3 is 2.84 bits per heavy atom. The summed E-state index contributed by atoms with van der Waals surface area (Å²) in [5.74, 6) is 2.07. The Bertz CT molecular complexity index is 379. The van der Waals surface area contributed by atoms with Gasteiger partial charge in [-0.25, -0.2) is 9.97 Å². The van der Waals surface area contributed by atoms with Crippen LogP contribution in [0.25, 0.3) is 0 Å². The third kappa shape index (κ3) is 4.06. The van der Waals surface area contributed by atoms with Crippen molar-refractivity contribution in [3.63, 3.8) is 0 Å². The van der Waals surface area contributed by atoms with Crippen molar-refractivity contribution in [1.29, 1.82) is 0 Å². The molecule has 0 aromatic carbocycles. The molecule has 2 rings (SSSR count). The van der Waals surface area contributed by atoms with Gasteiger partial charge in [0.25, 0.3) is 0 Å². The van der Waals surface area contributed by atoms with Crippen molar-refractivity contribution in [2.75, 3.05) is 18.5 Å². The van der Waals surface area contributed by atoms with Gasteiger partial charge in [0.2, 0.25) is 5.88 Å². The van der Waals surface area contributed by atoms with Gasteiger partial charge in [-0.2, -0.15) is 0 Å². The molecule has 0 aliphatic heterocycles. The van der Waals surface area contributed by atoms with Crippen molar-refractivity contribution in [3.8, 4) is 5.88 Å². The van der Waals surface area contributed by atoms with Crippen LogP contribution in [-0.2, 0) is 0 Å². The molecule has 5 heteroatoms. The minimum atomic E-state index is 0.296. The molecule has 106 valence electrons. The minimum absolute atomic E-state index is 0.296. The molecule has 1 aliphatic carbocycles. The summed E-state index contributed by atoms with van der Waals surface area (Å²) in [4.78, 5) is 8.32. The number of aromatic nitrogens is 2. The Morgan fingerprint density at radius 2 is 2.16 bits per heavy atom. The van der Waals surface area contributed by atoms with Crippen molar-refractivity contribution in [3.05, 3.63) is 12.4 Å². The molecule has 0 radical (unpaired) electrons. The summed E-state index contributed by atoms with van der Waals surface area (Å²) in [5.41, 5.74) is 5.91. The molecule has 0 spiro atoms. The van der Waals surface area contributed by atoms with E-state index in [4.69, 9.17) is 10.5 Å². The predicted molar refractivity (Wildman–Crippen MR) is 76.2 cm³/mol. The van der Waals surface area contributed by atoms with Crippen molar-refractivity contribution in [2.45, 2.75) is 45.1 Å². The molecule has 0 saturated heterocycles. The number of nitrogens with two attached hydrogens (primary N) is 1. The van der Waals surface area contributed by atoms with Gasteiger partial charge in [-0.15, -0.1) is 0 Å². The lowest BCUT2D eigenvalue weighted by Crippen LogP contribution is -2.37. The molecule has 5 nitrogen and oxygen atoms in total. The lowest BCUT2D eigenvalue weighted by atomic mass is 9.84. The molecule has 1 saturated carbocycles. The van der Waals surface area contributed by atoms with Gasteiger partial charge in [0.15, 0.2) is 0 Å². The second kappa shape index (κ2) is 7.28. The Morgan fingerprint density at radius 1 is 1.37 bits per heavy atom. The Hall–Kier alpha value is -1.36. The van der Waals surface area contributed by atoms with Crippen molar-refractivity contribution < 1.29 is 4.74 Å². The lowest BCUT2D eigenvalue weighted by Gasteiger charge is -2.30. The van der Waals surface area contributed by atoms with Crippen molar-refractivity contribution >= 4 is 5.82 Å². The molecular weight excluding hydrogens is 240 g/mol. The predicted octanol–water partition coefficient (Wildman–Crippen LogP) is 2.19. The summed E-state index contributed by atoms with van der Waals surface area (Å²) in [6, 6.07) is 2.14. The summed E-state index contributed by atoms with van der Waals surface area (Å²) in [7, 11) is 0. The van der Waals surface area contributed by atoms with Crippen LogP contribution in [0.5, 0.6) is 5.88 Å². The molecule has 0 bridgehead atoms. The fraction of sp³-hybridized carbons (Fsp3) is 0.714. The third-order valence-corrected chi connectivity index (χ3v) is 3.74.